The lowest BCUT2D eigenvalue weighted by Gasteiger charge is -2.01. The van der Waals surface area contributed by atoms with Crippen molar-refractivity contribution in [3.05, 3.63) is 29.4 Å². The minimum absolute atomic E-state index is 0.937. The van der Waals surface area contributed by atoms with Gasteiger partial charge in [-0.15, -0.1) is 0 Å². The third-order valence-electron chi connectivity index (χ3n) is 1.66. The van der Waals surface area contributed by atoms with E-state index in [2.05, 4.69) is 16.9 Å². The van der Waals surface area contributed by atoms with Crippen molar-refractivity contribution in [2.24, 2.45) is 0 Å². The molecule has 0 atom stereocenters. The quantitative estimate of drug-likeness (QED) is 0.667. The highest BCUT2D eigenvalue weighted by Gasteiger charge is 1.99. The molecule has 0 radical (unpaired) electrons. The maximum atomic E-state index is 4.38. The number of rotatable bonds is 2. The zero-order valence-electron chi connectivity index (χ0n) is 7.83. The van der Waals surface area contributed by atoms with Crippen LogP contribution in [-0.2, 0) is 6.42 Å². The Balaban J connectivity index is 3.12. The number of hydrogen-bond donors (Lipinski definition) is 0. The molecule has 0 aromatic carbocycles. The van der Waals surface area contributed by atoms with Crippen LogP contribution in [0, 0.1) is 6.92 Å². The first-order valence-corrected chi connectivity index (χ1v) is 4.23. The first kappa shape index (κ1) is 8.91. The lowest BCUT2D eigenvalue weighted by atomic mass is 10.2. The zero-order chi connectivity index (χ0) is 8.97. The van der Waals surface area contributed by atoms with E-state index in [-0.39, 0.29) is 0 Å². The molecule has 0 saturated carbocycles. The van der Waals surface area contributed by atoms with E-state index in [0.29, 0.717) is 0 Å². The molecule has 2 nitrogen and oxygen atoms in total. The number of allylic oxidation sites excluding steroid dienone is 1. The molecule has 2 heteroatoms. The van der Waals surface area contributed by atoms with Crippen molar-refractivity contribution in [2.75, 3.05) is 0 Å². The molecule has 0 N–H and O–H groups in total. The van der Waals surface area contributed by atoms with Crippen LogP contribution in [-0.4, -0.2) is 9.97 Å². The molecule has 1 aromatic heterocycles. The summed E-state index contributed by atoms with van der Waals surface area (Å²) in [5.41, 5.74) is 3.04. The second kappa shape index (κ2) is 4.00. The van der Waals surface area contributed by atoms with E-state index in [1.54, 1.807) is 0 Å². The second-order valence-electron chi connectivity index (χ2n) is 2.70. The molecule has 12 heavy (non-hydrogen) atoms. The van der Waals surface area contributed by atoms with Crippen LogP contribution >= 0.6 is 0 Å². The maximum absolute atomic E-state index is 4.38. The Morgan fingerprint density at radius 2 is 2.25 bits per heavy atom. The van der Waals surface area contributed by atoms with Crippen molar-refractivity contribution in [1.82, 2.24) is 9.97 Å². The highest BCUT2D eigenvalue weighted by Crippen LogP contribution is 2.06. The Kier molecular flexibility index (Phi) is 2.97. The van der Waals surface area contributed by atoms with Gasteiger partial charge in [0, 0.05) is 6.20 Å². The lowest BCUT2D eigenvalue weighted by Crippen LogP contribution is -1.96. The minimum Gasteiger partial charge on any atom is -0.257 e. The smallest absolute Gasteiger partial charge is 0.0844 e. The number of hydrogen-bond acceptors (Lipinski definition) is 2. The van der Waals surface area contributed by atoms with Gasteiger partial charge in [-0.3, -0.25) is 9.97 Å². The second-order valence-corrected chi connectivity index (χ2v) is 2.70. The monoisotopic (exact) mass is 162 g/mol. The summed E-state index contributed by atoms with van der Waals surface area (Å²) < 4.78 is 0. The van der Waals surface area contributed by atoms with Crippen LogP contribution < -0.4 is 0 Å². The molecule has 0 aliphatic rings. The normalized spacial score (nSPS) is 10.9. The summed E-state index contributed by atoms with van der Waals surface area (Å²) in [5.74, 6) is 0. The fourth-order valence-electron chi connectivity index (χ4n) is 1.08. The molecule has 1 rings (SSSR count). The van der Waals surface area contributed by atoms with Crippen molar-refractivity contribution in [3.63, 3.8) is 0 Å². The third-order valence-corrected chi connectivity index (χ3v) is 1.66. The Morgan fingerprint density at radius 1 is 1.50 bits per heavy atom. The van der Waals surface area contributed by atoms with Gasteiger partial charge in [0.2, 0.25) is 0 Å². The molecule has 0 fully saturated rings. The fraction of sp³-hybridized carbons (Fsp3) is 0.400. The highest BCUT2D eigenvalue weighted by molar-refractivity contribution is 5.46. The Morgan fingerprint density at radius 3 is 2.83 bits per heavy atom. The summed E-state index contributed by atoms with van der Waals surface area (Å²) in [4.78, 5) is 8.69. The van der Waals surface area contributed by atoms with Crippen LogP contribution in [0.3, 0.4) is 0 Å². The molecular weight excluding hydrogens is 148 g/mol. The zero-order valence-corrected chi connectivity index (χ0v) is 7.83. The highest BCUT2D eigenvalue weighted by atomic mass is 14.8. The molecule has 1 aromatic rings. The van der Waals surface area contributed by atoms with E-state index in [1.165, 1.54) is 0 Å². The number of nitrogens with zero attached hydrogens (tertiary/aromatic N) is 2. The molecule has 0 unspecified atom stereocenters. The molecule has 1 heterocycles. The Bertz CT molecular complexity index is 290. The molecule has 0 aliphatic heterocycles. The van der Waals surface area contributed by atoms with Crippen molar-refractivity contribution in [2.45, 2.75) is 27.2 Å². The third kappa shape index (κ3) is 1.91. The summed E-state index contributed by atoms with van der Waals surface area (Å²) in [6.45, 7) is 6.04. The van der Waals surface area contributed by atoms with Crippen molar-refractivity contribution in [1.29, 1.82) is 0 Å². The lowest BCUT2D eigenvalue weighted by molar-refractivity contribution is 0.965. The van der Waals surface area contributed by atoms with Crippen molar-refractivity contribution < 1.29 is 0 Å². The summed E-state index contributed by atoms with van der Waals surface area (Å²) in [6, 6.07) is 0. The summed E-state index contributed by atoms with van der Waals surface area (Å²) >= 11 is 0. The fourth-order valence-corrected chi connectivity index (χ4v) is 1.08. The molecule has 0 bridgehead atoms. The Labute approximate surface area is 73.4 Å². The van der Waals surface area contributed by atoms with Gasteiger partial charge in [-0.1, -0.05) is 13.0 Å². The van der Waals surface area contributed by atoms with Gasteiger partial charge in [-0.25, -0.2) is 0 Å². The molecule has 0 saturated heterocycles. The van der Waals surface area contributed by atoms with Gasteiger partial charge in [-0.2, -0.15) is 0 Å². The van der Waals surface area contributed by atoms with Crippen LogP contribution in [0.15, 0.2) is 12.3 Å². The van der Waals surface area contributed by atoms with E-state index in [0.717, 1.165) is 23.5 Å². The van der Waals surface area contributed by atoms with Crippen LogP contribution in [0.1, 0.15) is 30.9 Å². The topological polar surface area (TPSA) is 25.8 Å². The molecule has 0 spiro atoms. The standard InChI is InChI=1S/C10H14N2/c1-4-6-10-9(5-2)11-7-8(3)12-10/h4,6-7H,5H2,1-3H3/b6-4-. The number of aryl methyl sites for hydroxylation is 2. The maximum Gasteiger partial charge on any atom is 0.0844 e. The summed E-state index contributed by atoms with van der Waals surface area (Å²) in [7, 11) is 0. The Hall–Kier alpha value is -1.18. The molecule has 64 valence electrons. The minimum atomic E-state index is 0.937. The van der Waals surface area contributed by atoms with Gasteiger partial charge < -0.3 is 0 Å². The van der Waals surface area contributed by atoms with E-state index in [9.17, 15) is 0 Å². The molecule has 0 aliphatic carbocycles. The molecular formula is C10H14N2. The van der Waals surface area contributed by atoms with Gasteiger partial charge in [-0.05, 0) is 26.3 Å². The van der Waals surface area contributed by atoms with Gasteiger partial charge in [0.25, 0.3) is 0 Å². The van der Waals surface area contributed by atoms with Crippen molar-refractivity contribution in [3.8, 4) is 0 Å². The van der Waals surface area contributed by atoms with Crippen molar-refractivity contribution >= 4 is 6.08 Å². The average Bonchev–Trinajstić information content (AvgIpc) is 2.05. The van der Waals surface area contributed by atoms with Crippen LogP contribution in [0.25, 0.3) is 6.08 Å². The summed E-state index contributed by atoms with van der Waals surface area (Å²) in [6.07, 6.45) is 6.74. The SMILES string of the molecule is C/C=C\c1nc(C)cnc1CC. The van der Waals surface area contributed by atoms with E-state index in [4.69, 9.17) is 0 Å². The van der Waals surface area contributed by atoms with Gasteiger partial charge >= 0.3 is 0 Å². The van der Waals surface area contributed by atoms with E-state index >= 15 is 0 Å². The largest absolute Gasteiger partial charge is 0.257 e. The van der Waals surface area contributed by atoms with Crippen LogP contribution in [0.2, 0.25) is 0 Å². The first-order chi connectivity index (χ1) is 5.77. The predicted octanol–water partition coefficient (Wildman–Crippen LogP) is 2.38. The van der Waals surface area contributed by atoms with Gasteiger partial charge in [0.1, 0.15) is 0 Å². The van der Waals surface area contributed by atoms with E-state index in [1.807, 2.05) is 32.2 Å². The van der Waals surface area contributed by atoms with Gasteiger partial charge in [0.05, 0.1) is 17.1 Å². The average molecular weight is 162 g/mol. The molecule has 0 amide bonds. The van der Waals surface area contributed by atoms with E-state index < -0.39 is 0 Å². The van der Waals surface area contributed by atoms with Gasteiger partial charge in [0.15, 0.2) is 0 Å². The first-order valence-electron chi connectivity index (χ1n) is 4.23. The summed E-state index contributed by atoms with van der Waals surface area (Å²) in [5, 5.41) is 0. The number of aromatic nitrogens is 2. The van der Waals surface area contributed by atoms with Crippen LogP contribution in [0.4, 0.5) is 0 Å². The predicted molar refractivity (Wildman–Crippen MR) is 50.9 cm³/mol. The van der Waals surface area contributed by atoms with Crippen LogP contribution in [0.5, 0.6) is 0 Å².